The Hall–Kier alpha value is -2.61. The normalized spacial score (nSPS) is 11.5. The lowest BCUT2D eigenvalue weighted by Crippen LogP contribution is -2.33. The van der Waals surface area contributed by atoms with E-state index in [2.05, 4.69) is 91.7 Å². The molecule has 0 fully saturated rings. The van der Waals surface area contributed by atoms with Gasteiger partial charge < -0.3 is 0 Å². The van der Waals surface area contributed by atoms with Crippen LogP contribution in [0.1, 0.15) is 16.7 Å². The molecule has 2 heterocycles. The van der Waals surface area contributed by atoms with Crippen molar-refractivity contribution in [2.24, 2.45) is 7.05 Å². The molecule has 2 nitrogen and oxygen atoms in total. The number of fused-ring (bicyclic) bond motifs is 3. The lowest BCUT2D eigenvalue weighted by Gasteiger charge is -2.07. The summed E-state index contributed by atoms with van der Waals surface area (Å²) in [6.45, 7) is 6.54. The van der Waals surface area contributed by atoms with Gasteiger partial charge in [-0.25, -0.2) is 4.57 Å². The van der Waals surface area contributed by atoms with Gasteiger partial charge in [0.1, 0.15) is 11.0 Å². The molecule has 4 aromatic rings. The average Bonchev–Trinajstić information content (AvgIpc) is 2.86. The van der Waals surface area contributed by atoms with E-state index < -0.39 is 0 Å². The second kappa shape index (κ2) is 4.95. The summed E-state index contributed by atoms with van der Waals surface area (Å²) in [5, 5.41) is 2.63. The Morgan fingerprint density at radius 1 is 0.826 bits per heavy atom. The average molecular weight is 301 g/mol. The maximum atomic E-state index is 2.40. The Labute approximate surface area is 136 Å². The molecular weight excluding hydrogens is 280 g/mol. The Morgan fingerprint density at radius 2 is 1.61 bits per heavy atom. The van der Waals surface area contributed by atoms with E-state index in [-0.39, 0.29) is 0 Å². The molecule has 2 aromatic heterocycles. The number of aromatic nitrogens is 2. The zero-order valence-electron chi connectivity index (χ0n) is 14.1. The highest BCUT2D eigenvalue weighted by Gasteiger charge is 2.22. The minimum absolute atomic E-state index is 1.19. The van der Waals surface area contributed by atoms with E-state index in [0.29, 0.717) is 0 Å². The lowest BCUT2D eigenvalue weighted by molar-refractivity contribution is -0.665. The van der Waals surface area contributed by atoms with Crippen molar-refractivity contribution in [2.45, 2.75) is 20.8 Å². The van der Waals surface area contributed by atoms with Gasteiger partial charge in [0.05, 0.1) is 13.2 Å². The van der Waals surface area contributed by atoms with Crippen molar-refractivity contribution in [3.63, 3.8) is 0 Å². The van der Waals surface area contributed by atoms with Gasteiger partial charge in [-0.05, 0) is 61.7 Å². The number of rotatable bonds is 1. The van der Waals surface area contributed by atoms with Gasteiger partial charge in [0.25, 0.3) is 5.82 Å². The third kappa shape index (κ3) is 1.98. The maximum Gasteiger partial charge on any atom is 0.286 e. The smallest absolute Gasteiger partial charge is 0.236 e. The molecule has 0 aliphatic heterocycles. The van der Waals surface area contributed by atoms with Crippen LogP contribution < -0.4 is 4.57 Å². The van der Waals surface area contributed by atoms with Crippen LogP contribution in [0.3, 0.4) is 0 Å². The third-order valence-electron chi connectivity index (χ3n) is 4.84. The van der Waals surface area contributed by atoms with Gasteiger partial charge in [-0.1, -0.05) is 18.2 Å². The van der Waals surface area contributed by atoms with Gasteiger partial charge in [0.2, 0.25) is 0 Å². The summed E-state index contributed by atoms with van der Waals surface area (Å²) in [4.78, 5) is 0. The summed E-state index contributed by atoms with van der Waals surface area (Å²) in [5.74, 6) is 1.19. The van der Waals surface area contributed by atoms with E-state index in [1.165, 1.54) is 44.3 Å². The lowest BCUT2D eigenvalue weighted by atomic mass is 10.1. The molecule has 114 valence electrons. The topological polar surface area (TPSA) is 8.81 Å². The van der Waals surface area contributed by atoms with Crippen molar-refractivity contribution in [1.29, 1.82) is 0 Å². The van der Waals surface area contributed by atoms with Crippen LogP contribution in [0.15, 0.2) is 54.7 Å². The van der Waals surface area contributed by atoms with E-state index in [4.69, 9.17) is 0 Å². The molecule has 0 aliphatic rings. The van der Waals surface area contributed by atoms with Gasteiger partial charge in [0.15, 0.2) is 0 Å². The number of aryl methyl sites for hydroxylation is 4. The molecule has 0 radical (unpaired) electrons. The SMILES string of the molecule is Cc1ccc(-n2c3ccccc3c3ccc(C)c(C)c32)[n+](C)c1. The van der Waals surface area contributed by atoms with Crippen molar-refractivity contribution in [1.82, 2.24) is 4.57 Å². The van der Waals surface area contributed by atoms with Crippen molar-refractivity contribution >= 4 is 21.8 Å². The number of benzene rings is 2. The number of nitrogens with zero attached hydrogens (tertiary/aromatic N) is 2. The Balaban J connectivity index is 2.25. The van der Waals surface area contributed by atoms with Gasteiger partial charge in [-0.3, -0.25) is 0 Å². The monoisotopic (exact) mass is 301 g/mol. The molecule has 23 heavy (non-hydrogen) atoms. The van der Waals surface area contributed by atoms with E-state index in [1.54, 1.807) is 0 Å². The first kappa shape index (κ1) is 14.0. The fourth-order valence-corrected chi connectivity index (χ4v) is 3.53. The first-order valence-electron chi connectivity index (χ1n) is 8.04. The molecule has 0 atom stereocenters. The highest BCUT2D eigenvalue weighted by Crippen LogP contribution is 2.33. The molecule has 0 unspecified atom stereocenters. The van der Waals surface area contributed by atoms with Crippen molar-refractivity contribution in [3.8, 4) is 5.82 Å². The number of hydrogen-bond donors (Lipinski definition) is 0. The van der Waals surface area contributed by atoms with Gasteiger partial charge in [-0.15, -0.1) is 0 Å². The molecule has 0 spiro atoms. The van der Waals surface area contributed by atoms with Gasteiger partial charge in [-0.2, -0.15) is 4.57 Å². The predicted octanol–water partition coefficient (Wildman–Crippen LogP) is 4.53. The molecule has 0 amide bonds. The van der Waals surface area contributed by atoms with Crippen LogP contribution >= 0.6 is 0 Å². The van der Waals surface area contributed by atoms with Crippen LogP contribution in [0.2, 0.25) is 0 Å². The first-order chi connectivity index (χ1) is 11.1. The second-order valence-corrected chi connectivity index (χ2v) is 6.43. The largest absolute Gasteiger partial charge is 0.286 e. The molecule has 0 saturated heterocycles. The third-order valence-corrected chi connectivity index (χ3v) is 4.84. The number of hydrogen-bond acceptors (Lipinski definition) is 0. The standard InChI is InChI=1S/C21H21N2/c1-14-9-12-20(22(4)13-14)23-19-8-6-5-7-17(19)18-11-10-15(2)16(3)21(18)23/h5-13H,1-4H3/q+1. The fraction of sp³-hybridized carbons (Fsp3) is 0.190. The fourth-order valence-electron chi connectivity index (χ4n) is 3.53. The summed E-state index contributed by atoms with van der Waals surface area (Å²) in [5.41, 5.74) is 6.52. The molecule has 2 heteroatoms. The summed E-state index contributed by atoms with van der Waals surface area (Å²) >= 11 is 0. The number of para-hydroxylation sites is 1. The van der Waals surface area contributed by atoms with E-state index in [9.17, 15) is 0 Å². The molecular formula is C21H21N2+. The van der Waals surface area contributed by atoms with E-state index in [1.807, 2.05) is 0 Å². The van der Waals surface area contributed by atoms with Crippen LogP contribution in [0.5, 0.6) is 0 Å². The Bertz CT molecular complexity index is 1050. The van der Waals surface area contributed by atoms with Crippen molar-refractivity contribution in [2.75, 3.05) is 0 Å². The summed E-state index contributed by atoms with van der Waals surface area (Å²) in [7, 11) is 2.12. The van der Waals surface area contributed by atoms with Gasteiger partial charge >= 0.3 is 0 Å². The highest BCUT2D eigenvalue weighted by molar-refractivity contribution is 6.10. The minimum atomic E-state index is 1.19. The predicted molar refractivity (Wildman–Crippen MR) is 96.2 cm³/mol. The zero-order valence-corrected chi connectivity index (χ0v) is 14.1. The molecule has 0 N–H and O–H groups in total. The summed E-state index contributed by atoms with van der Waals surface area (Å²) < 4.78 is 4.61. The molecule has 0 bridgehead atoms. The van der Waals surface area contributed by atoms with Crippen LogP contribution in [0.4, 0.5) is 0 Å². The van der Waals surface area contributed by atoms with Gasteiger partial charge in [0, 0.05) is 16.8 Å². The number of pyridine rings is 1. The molecule has 0 aliphatic carbocycles. The van der Waals surface area contributed by atoms with E-state index in [0.717, 1.165) is 0 Å². The second-order valence-electron chi connectivity index (χ2n) is 6.43. The molecule has 2 aromatic carbocycles. The van der Waals surface area contributed by atoms with Crippen LogP contribution in [0.25, 0.3) is 27.6 Å². The molecule has 0 saturated carbocycles. The summed E-state index contributed by atoms with van der Waals surface area (Å²) in [6, 6.07) is 17.5. The van der Waals surface area contributed by atoms with Crippen molar-refractivity contribution < 1.29 is 4.57 Å². The van der Waals surface area contributed by atoms with E-state index >= 15 is 0 Å². The highest BCUT2D eigenvalue weighted by atomic mass is 15.1. The quantitative estimate of drug-likeness (QED) is 0.457. The van der Waals surface area contributed by atoms with Crippen molar-refractivity contribution in [3.05, 3.63) is 71.4 Å². The maximum absolute atomic E-state index is 2.40. The first-order valence-corrected chi connectivity index (χ1v) is 8.04. The van der Waals surface area contributed by atoms with Crippen LogP contribution in [-0.4, -0.2) is 4.57 Å². The molecule has 4 rings (SSSR count). The Kier molecular flexibility index (Phi) is 3.02. The van der Waals surface area contributed by atoms with Crippen LogP contribution in [0, 0.1) is 20.8 Å². The van der Waals surface area contributed by atoms with Crippen LogP contribution in [-0.2, 0) is 7.05 Å². The Morgan fingerprint density at radius 3 is 2.39 bits per heavy atom. The zero-order chi connectivity index (χ0) is 16.1. The minimum Gasteiger partial charge on any atom is -0.236 e. The summed E-state index contributed by atoms with van der Waals surface area (Å²) in [6.07, 6.45) is 2.18.